The normalized spacial score (nSPS) is 12.9. The van der Waals surface area contributed by atoms with Crippen LogP contribution < -0.4 is 20.7 Å². The number of aromatic nitrogens is 2. The van der Waals surface area contributed by atoms with Crippen molar-refractivity contribution in [3.05, 3.63) is 65.5 Å². The molecule has 0 fully saturated rings. The largest absolute Gasteiger partial charge is 0.497 e. The van der Waals surface area contributed by atoms with E-state index in [1.807, 2.05) is 0 Å². The number of unbranched alkanes of at least 4 members (excludes halogenated alkanes) is 1. The van der Waals surface area contributed by atoms with E-state index in [1.54, 1.807) is 60.5 Å². The molecule has 0 atom stereocenters. The van der Waals surface area contributed by atoms with Gasteiger partial charge in [-0.05, 0) is 67.8 Å². The Morgan fingerprint density at radius 1 is 1.09 bits per heavy atom. The lowest BCUT2D eigenvalue weighted by molar-refractivity contribution is -0.116. The van der Waals surface area contributed by atoms with Crippen molar-refractivity contribution in [2.45, 2.75) is 25.7 Å². The summed E-state index contributed by atoms with van der Waals surface area (Å²) in [4.78, 5) is 39.3. The van der Waals surface area contributed by atoms with Crippen molar-refractivity contribution in [1.29, 1.82) is 0 Å². The van der Waals surface area contributed by atoms with Crippen LogP contribution in [0.25, 0.3) is 5.69 Å². The number of nitrogens with one attached hydrogen (secondary N) is 1. The van der Waals surface area contributed by atoms with Crippen molar-refractivity contribution in [2.75, 3.05) is 29.8 Å². The maximum Gasteiger partial charge on any atom is 0.277 e. The molecule has 2 heterocycles. The zero-order valence-electron chi connectivity index (χ0n) is 19.3. The first-order chi connectivity index (χ1) is 16.9. The van der Waals surface area contributed by atoms with Crippen LogP contribution in [-0.2, 0) is 11.2 Å². The number of carbonyl (C=O) groups excluding carboxylic acids is 3. The van der Waals surface area contributed by atoms with E-state index < -0.39 is 5.91 Å². The lowest BCUT2D eigenvalue weighted by atomic mass is 10.0. The van der Waals surface area contributed by atoms with Gasteiger partial charge in [0.15, 0.2) is 5.69 Å². The number of halogens is 1. The lowest BCUT2D eigenvalue weighted by Crippen LogP contribution is -2.39. The molecule has 0 unspecified atom stereocenters. The fraction of sp³-hybridized carbons (Fsp3) is 0.280. The SMILES string of the molecule is COc1ccc(-n2nc(C(N)=O)c3c2C(=O)N(c2ccc(NC(=O)CCCCCl)cc2)CC3)cc1. The van der Waals surface area contributed by atoms with Crippen LogP contribution in [0.1, 0.15) is 45.8 Å². The van der Waals surface area contributed by atoms with Gasteiger partial charge in [-0.1, -0.05) is 0 Å². The van der Waals surface area contributed by atoms with Gasteiger partial charge < -0.3 is 20.7 Å². The van der Waals surface area contributed by atoms with Crippen LogP contribution in [0.15, 0.2) is 48.5 Å². The Morgan fingerprint density at radius 2 is 1.77 bits per heavy atom. The molecule has 3 N–H and O–H groups in total. The van der Waals surface area contributed by atoms with Crippen LogP contribution in [0.3, 0.4) is 0 Å². The van der Waals surface area contributed by atoms with Crippen LogP contribution in [0.4, 0.5) is 11.4 Å². The Bertz CT molecular complexity index is 1240. The third-order valence-electron chi connectivity index (χ3n) is 5.82. The molecule has 0 saturated heterocycles. The Labute approximate surface area is 207 Å². The molecule has 1 aliphatic rings. The summed E-state index contributed by atoms with van der Waals surface area (Å²) in [6, 6.07) is 14.1. The molecular weight excluding hydrogens is 470 g/mol. The zero-order valence-corrected chi connectivity index (χ0v) is 20.0. The molecule has 0 aliphatic carbocycles. The van der Waals surface area contributed by atoms with E-state index in [9.17, 15) is 14.4 Å². The Morgan fingerprint density at radius 3 is 2.40 bits per heavy atom. The number of amides is 3. The zero-order chi connectivity index (χ0) is 24.9. The Balaban J connectivity index is 1.59. The number of anilines is 2. The Hall–Kier alpha value is -3.85. The maximum atomic E-state index is 13.6. The lowest BCUT2D eigenvalue weighted by Gasteiger charge is -2.28. The summed E-state index contributed by atoms with van der Waals surface area (Å²) in [6.07, 6.45) is 2.35. The third-order valence-corrected chi connectivity index (χ3v) is 6.08. The monoisotopic (exact) mass is 495 g/mol. The number of hydrogen-bond acceptors (Lipinski definition) is 5. The number of fused-ring (bicyclic) bond motifs is 1. The minimum Gasteiger partial charge on any atom is -0.497 e. The van der Waals surface area contributed by atoms with Gasteiger partial charge in [-0.25, -0.2) is 4.68 Å². The number of hydrogen-bond donors (Lipinski definition) is 2. The topological polar surface area (TPSA) is 120 Å². The highest BCUT2D eigenvalue weighted by Gasteiger charge is 2.34. The van der Waals surface area contributed by atoms with Gasteiger partial charge in [-0.3, -0.25) is 14.4 Å². The number of primary amides is 1. The molecule has 4 rings (SSSR count). The second-order valence-electron chi connectivity index (χ2n) is 8.10. The predicted molar refractivity (Wildman–Crippen MR) is 134 cm³/mol. The highest BCUT2D eigenvalue weighted by Crippen LogP contribution is 2.30. The average molecular weight is 496 g/mol. The summed E-state index contributed by atoms with van der Waals surface area (Å²) in [7, 11) is 1.57. The molecule has 0 saturated carbocycles. The fourth-order valence-corrected chi connectivity index (χ4v) is 4.23. The Kier molecular flexibility index (Phi) is 7.36. The van der Waals surface area contributed by atoms with E-state index in [0.717, 1.165) is 12.8 Å². The summed E-state index contributed by atoms with van der Waals surface area (Å²) in [5.74, 6) is 0.139. The molecule has 1 aliphatic heterocycles. The van der Waals surface area contributed by atoms with Gasteiger partial charge in [0.1, 0.15) is 11.4 Å². The minimum atomic E-state index is -0.680. The number of alkyl halides is 1. The van der Waals surface area contributed by atoms with Gasteiger partial charge >= 0.3 is 0 Å². The molecule has 2 aromatic carbocycles. The van der Waals surface area contributed by atoms with Crippen LogP contribution in [0.2, 0.25) is 0 Å². The number of rotatable bonds is 9. The fourth-order valence-electron chi connectivity index (χ4n) is 4.04. The highest BCUT2D eigenvalue weighted by molar-refractivity contribution is 6.17. The van der Waals surface area contributed by atoms with E-state index >= 15 is 0 Å². The van der Waals surface area contributed by atoms with Gasteiger partial charge in [0.2, 0.25) is 5.91 Å². The van der Waals surface area contributed by atoms with E-state index in [4.69, 9.17) is 22.1 Å². The molecule has 182 valence electrons. The molecule has 3 amide bonds. The first-order valence-electron chi connectivity index (χ1n) is 11.3. The number of benzene rings is 2. The number of methoxy groups -OCH3 is 1. The summed E-state index contributed by atoms with van der Waals surface area (Å²) in [5.41, 5.74) is 8.41. The maximum absolute atomic E-state index is 13.6. The van der Waals surface area contributed by atoms with Crippen molar-refractivity contribution < 1.29 is 19.1 Å². The second-order valence-corrected chi connectivity index (χ2v) is 8.48. The number of carbonyl (C=O) groups is 3. The predicted octanol–water partition coefficient (Wildman–Crippen LogP) is 3.53. The van der Waals surface area contributed by atoms with E-state index in [0.29, 0.717) is 59.3 Å². The molecule has 10 heteroatoms. The summed E-state index contributed by atoms with van der Waals surface area (Å²) in [5, 5.41) is 7.22. The summed E-state index contributed by atoms with van der Waals surface area (Å²) in [6.45, 7) is 0.366. The molecule has 35 heavy (non-hydrogen) atoms. The molecule has 0 radical (unpaired) electrons. The quantitative estimate of drug-likeness (QED) is 0.347. The van der Waals surface area contributed by atoms with Crippen LogP contribution >= 0.6 is 11.6 Å². The van der Waals surface area contributed by atoms with Crippen LogP contribution in [-0.4, -0.2) is 47.0 Å². The smallest absolute Gasteiger partial charge is 0.277 e. The molecule has 3 aromatic rings. The molecule has 9 nitrogen and oxygen atoms in total. The van der Waals surface area contributed by atoms with Crippen molar-refractivity contribution in [2.24, 2.45) is 5.73 Å². The molecule has 0 bridgehead atoms. The van der Waals surface area contributed by atoms with Crippen molar-refractivity contribution in [3.63, 3.8) is 0 Å². The van der Waals surface area contributed by atoms with Gasteiger partial charge in [0, 0.05) is 35.8 Å². The highest BCUT2D eigenvalue weighted by atomic mass is 35.5. The van der Waals surface area contributed by atoms with Crippen molar-refractivity contribution in [3.8, 4) is 11.4 Å². The van der Waals surface area contributed by atoms with Gasteiger partial charge in [-0.15, -0.1) is 11.6 Å². The van der Waals surface area contributed by atoms with Gasteiger partial charge in [-0.2, -0.15) is 5.10 Å². The number of nitrogens with two attached hydrogens (primary N) is 1. The molecular formula is C25H26ClN5O4. The van der Waals surface area contributed by atoms with Gasteiger partial charge in [0.25, 0.3) is 11.8 Å². The molecule has 1 aromatic heterocycles. The summed E-state index contributed by atoms with van der Waals surface area (Å²) < 4.78 is 6.66. The standard InChI is InChI=1S/C25H26ClN5O4/c1-35-19-11-9-18(10-12-19)31-23-20(22(29-31)24(27)33)13-15-30(25(23)34)17-7-5-16(6-8-17)28-21(32)4-2-3-14-26/h5-12H,2-4,13-15H2,1H3,(H2,27,33)(H,28,32). The second kappa shape index (κ2) is 10.6. The average Bonchev–Trinajstić information content (AvgIpc) is 3.26. The van der Waals surface area contributed by atoms with E-state index in [2.05, 4.69) is 10.4 Å². The first-order valence-corrected chi connectivity index (χ1v) is 11.8. The van der Waals surface area contributed by atoms with Gasteiger partial charge in [0.05, 0.1) is 12.8 Å². The van der Waals surface area contributed by atoms with Crippen molar-refractivity contribution in [1.82, 2.24) is 9.78 Å². The van der Waals surface area contributed by atoms with E-state index in [1.165, 1.54) is 4.68 Å². The summed E-state index contributed by atoms with van der Waals surface area (Å²) >= 11 is 5.66. The number of ether oxygens (including phenoxy) is 1. The minimum absolute atomic E-state index is 0.0797. The van der Waals surface area contributed by atoms with Crippen LogP contribution in [0.5, 0.6) is 5.75 Å². The van der Waals surface area contributed by atoms with Crippen molar-refractivity contribution >= 4 is 40.7 Å². The number of nitrogens with zero attached hydrogens (tertiary/aromatic N) is 3. The van der Waals surface area contributed by atoms with E-state index in [-0.39, 0.29) is 17.5 Å². The third kappa shape index (κ3) is 5.14. The molecule has 0 spiro atoms. The first kappa shape index (κ1) is 24.3. The van der Waals surface area contributed by atoms with Crippen LogP contribution in [0, 0.1) is 0 Å².